The van der Waals surface area contributed by atoms with Crippen LogP contribution in [0.2, 0.25) is 0 Å². The van der Waals surface area contributed by atoms with Gasteiger partial charge < -0.3 is 15.4 Å². The van der Waals surface area contributed by atoms with Gasteiger partial charge in [-0.05, 0) is 71.8 Å². The van der Waals surface area contributed by atoms with Gasteiger partial charge in [-0.1, -0.05) is 12.5 Å². The number of anilines is 1. The molecule has 27 heavy (non-hydrogen) atoms. The second-order valence-corrected chi connectivity index (χ2v) is 8.84. The molecule has 0 bridgehead atoms. The highest BCUT2D eigenvalue weighted by atomic mass is 79.9. The molecule has 1 aliphatic rings. The molecule has 0 spiro atoms. The molecule has 2 aromatic heterocycles. The van der Waals surface area contributed by atoms with Crippen LogP contribution in [0.15, 0.2) is 27.5 Å². The number of aromatic hydroxyl groups is 1. The van der Waals surface area contributed by atoms with E-state index in [9.17, 15) is 14.7 Å². The van der Waals surface area contributed by atoms with Crippen LogP contribution >= 0.6 is 27.3 Å². The largest absolute Gasteiger partial charge is 0.506 e. The average molecular weight is 447 g/mol. The van der Waals surface area contributed by atoms with Gasteiger partial charge in [-0.25, -0.2) is 0 Å². The van der Waals surface area contributed by atoms with E-state index in [4.69, 9.17) is 0 Å². The average Bonchev–Trinajstić information content (AvgIpc) is 2.79. The van der Waals surface area contributed by atoms with E-state index in [0.29, 0.717) is 15.9 Å². The van der Waals surface area contributed by atoms with E-state index in [2.05, 4.69) is 26.2 Å². The Hall–Kier alpha value is -2.12. The van der Waals surface area contributed by atoms with Crippen molar-refractivity contribution in [1.82, 2.24) is 4.98 Å². The SMILES string of the molecule is Cc1ccc(NC(=O)c2c(O)c3c4c(sc3[nH]c2=O)CCCCC4)c(Br)c1. The van der Waals surface area contributed by atoms with Crippen LogP contribution in [0.1, 0.15) is 45.6 Å². The van der Waals surface area contributed by atoms with Crippen LogP contribution in [0.3, 0.4) is 0 Å². The number of thiophene rings is 1. The summed E-state index contributed by atoms with van der Waals surface area (Å²) < 4.78 is 0.720. The van der Waals surface area contributed by atoms with E-state index in [1.165, 1.54) is 16.2 Å². The topological polar surface area (TPSA) is 82.2 Å². The van der Waals surface area contributed by atoms with Crippen LogP contribution in [0.4, 0.5) is 5.69 Å². The van der Waals surface area contributed by atoms with Crippen molar-refractivity contribution in [1.29, 1.82) is 0 Å². The van der Waals surface area contributed by atoms with Gasteiger partial charge in [0, 0.05) is 9.35 Å². The number of carbonyl (C=O) groups is 1. The molecule has 0 aliphatic heterocycles. The molecule has 5 nitrogen and oxygen atoms in total. The van der Waals surface area contributed by atoms with Gasteiger partial charge in [0.25, 0.3) is 11.5 Å². The van der Waals surface area contributed by atoms with Crippen molar-refractivity contribution in [3.63, 3.8) is 0 Å². The zero-order valence-corrected chi connectivity index (χ0v) is 17.2. The molecule has 3 N–H and O–H groups in total. The third kappa shape index (κ3) is 3.30. The van der Waals surface area contributed by atoms with Gasteiger partial charge in [0.05, 0.1) is 11.1 Å². The van der Waals surface area contributed by atoms with E-state index in [0.717, 1.165) is 47.7 Å². The van der Waals surface area contributed by atoms with Crippen LogP contribution in [0.5, 0.6) is 5.75 Å². The lowest BCUT2D eigenvalue weighted by Crippen LogP contribution is -2.23. The minimum absolute atomic E-state index is 0.214. The zero-order valence-electron chi connectivity index (χ0n) is 14.8. The van der Waals surface area contributed by atoms with Gasteiger partial charge in [-0.2, -0.15) is 0 Å². The molecule has 1 amide bonds. The van der Waals surface area contributed by atoms with Crippen LogP contribution in [0, 0.1) is 6.92 Å². The van der Waals surface area contributed by atoms with Crippen LogP contribution < -0.4 is 10.9 Å². The summed E-state index contributed by atoms with van der Waals surface area (Å²) in [5.74, 6) is -0.831. The highest BCUT2D eigenvalue weighted by molar-refractivity contribution is 9.10. The van der Waals surface area contributed by atoms with Crippen molar-refractivity contribution < 1.29 is 9.90 Å². The summed E-state index contributed by atoms with van der Waals surface area (Å²) in [6.07, 6.45) is 5.13. The standard InChI is InChI=1S/C20H19BrN2O3S/c1-10-7-8-13(12(21)9-10)22-18(25)16-17(24)15-11-5-3-2-4-6-14(11)27-20(15)23-19(16)26/h7-9H,2-6H2,1H3,(H,22,25)(H2,23,24,26). The third-order valence-corrected chi connectivity index (χ3v) is 6.81. The number of benzene rings is 1. The van der Waals surface area contributed by atoms with Crippen molar-refractivity contribution in [3.8, 4) is 5.75 Å². The summed E-state index contributed by atoms with van der Waals surface area (Å²) in [6, 6.07) is 5.51. The van der Waals surface area contributed by atoms with E-state index >= 15 is 0 Å². The Morgan fingerprint density at radius 1 is 1.26 bits per heavy atom. The maximum absolute atomic E-state index is 12.8. The minimum Gasteiger partial charge on any atom is -0.506 e. The molecular weight excluding hydrogens is 428 g/mol. The van der Waals surface area contributed by atoms with Gasteiger partial charge in [0.2, 0.25) is 0 Å². The number of aromatic amines is 1. The first-order valence-electron chi connectivity index (χ1n) is 8.92. The number of halogens is 1. The molecule has 0 saturated heterocycles. The fourth-order valence-corrected chi connectivity index (χ4v) is 5.47. The maximum atomic E-state index is 12.8. The van der Waals surface area contributed by atoms with E-state index in [1.54, 1.807) is 6.07 Å². The molecule has 0 radical (unpaired) electrons. The highest BCUT2D eigenvalue weighted by Gasteiger charge is 2.25. The molecule has 1 aliphatic carbocycles. The molecule has 0 fully saturated rings. The number of nitrogens with one attached hydrogen (secondary N) is 2. The number of pyridine rings is 1. The summed E-state index contributed by atoms with van der Waals surface area (Å²) >= 11 is 4.93. The number of hydrogen-bond donors (Lipinski definition) is 3. The van der Waals surface area contributed by atoms with Gasteiger partial charge >= 0.3 is 0 Å². The van der Waals surface area contributed by atoms with Crippen LogP contribution in [0.25, 0.3) is 10.2 Å². The molecule has 140 valence electrons. The Morgan fingerprint density at radius 3 is 2.81 bits per heavy atom. The predicted molar refractivity (Wildman–Crippen MR) is 112 cm³/mol. The Kier molecular flexibility index (Phi) is 4.82. The zero-order chi connectivity index (χ0) is 19.1. The third-order valence-electron chi connectivity index (χ3n) is 4.95. The lowest BCUT2D eigenvalue weighted by molar-refractivity contribution is 0.102. The molecule has 0 saturated carbocycles. The highest BCUT2D eigenvalue weighted by Crippen LogP contribution is 2.39. The molecule has 2 heterocycles. The van der Waals surface area contributed by atoms with Crippen molar-refractivity contribution in [2.75, 3.05) is 5.32 Å². The second-order valence-electron chi connectivity index (χ2n) is 6.88. The molecule has 4 rings (SSSR count). The minimum atomic E-state index is -0.617. The normalized spacial score (nSPS) is 14.0. The number of aryl methyl sites for hydroxylation is 3. The first kappa shape index (κ1) is 18.3. The number of rotatable bonds is 2. The van der Waals surface area contributed by atoms with Crippen molar-refractivity contribution in [2.24, 2.45) is 0 Å². The number of carbonyl (C=O) groups excluding carboxylic acids is 1. The van der Waals surface area contributed by atoms with Crippen molar-refractivity contribution in [2.45, 2.75) is 39.0 Å². The lowest BCUT2D eigenvalue weighted by Gasteiger charge is -2.10. The van der Waals surface area contributed by atoms with Gasteiger partial charge in [-0.15, -0.1) is 11.3 Å². The second kappa shape index (κ2) is 7.13. The molecule has 3 aromatic rings. The smallest absolute Gasteiger partial charge is 0.265 e. The fraction of sp³-hybridized carbons (Fsp3) is 0.300. The molecule has 0 atom stereocenters. The number of H-pyrrole nitrogens is 1. The van der Waals surface area contributed by atoms with Crippen molar-refractivity contribution >= 4 is 49.1 Å². The summed E-state index contributed by atoms with van der Waals surface area (Å²) in [7, 11) is 0. The number of amides is 1. The van der Waals surface area contributed by atoms with Gasteiger partial charge in [-0.3, -0.25) is 9.59 Å². The van der Waals surface area contributed by atoms with E-state index in [1.807, 2.05) is 19.1 Å². The lowest BCUT2D eigenvalue weighted by atomic mass is 10.0. The molecule has 1 aromatic carbocycles. The quantitative estimate of drug-likeness (QED) is 0.490. The summed E-state index contributed by atoms with van der Waals surface area (Å²) in [5, 5.41) is 14.2. The molecule has 0 unspecified atom stereocenters. The number of aromatic nitrogens is 1. The summed E-state index contributed by atoms with van der Waals surface area (Å²) in [4.78, 5) is 30.0. The number of hydrogen-bond acceptors (Lipinski definition) is 4. The maximum Gasteiger partial charge on any atom is 0.265 e. The molecular formula is C20H19BrN2O3S. The summed E-state index contributed by atoms with van der Waals surface area (Å²) in [6.45, 7) is 1.95. The first-order valence-corrected chi connectivity index (χ1v) is 10.5. The Labute approximate surface area is 168 Å². The molecule has 7 heteroatoms. The first-order chi connectivity index (χ1) is 13.0. The number of fused-ring (bicyclic) bond motifs is 3. The predicted octanol–water partition coefficient (Wildman–Crippen LogP) is 4.89. The van der Waals surface area contributed by atoms with Crippen LogP contribution in [-0.4, -0.2) is 16.0 Å². The fourth-order valence-electron chi connectivity index (χ4n) is 3.60. The Morgan fingerprint density at radius 2 is 2.04 bits per heavy atom. The monoisotopic (exact) mass is 446 g/mol. The van der Waals surface area contributed by atoms with Gasteiger partial charge in [0.1, 0.15) is 16.1 Å². The van der Waals surface area contributed by atoms with E-state index < -0.39 is 11.5 Å². The Balaban J connectivity index is 1.80. The van der Waals surface area contributed by atoms with Crippen LogP contribution in [-0.2, 0) is 12.8 Å². The van der Waals surface area contributed by atoms with Crippen molar-refractivity contribution in [3.05, 3.63) is 54.6 Å². The summed E-state index contributed by atoms with van der Waals surface area (Å²) in [5.41, 5.74) is 1.86. The van der Waals surface area contributed by atoms with E-state index in [-0.39, 0.29) is 11.3 Å². The van der Waals surface area contributed by atoms with Gasteiger partial charge in [0.15, 0.2) is 0 Å². The Bertz CT molecular complexity index is 1120.